The zero-order valence-electron chi connectivity index (χ0n) is 16.0. The van der Waals surface area contributed by atoms with Crippen LogP contribution in [0.15, 0.2) is 60.8 Å². The minimum atomic E-state index is -4.53. The molecule has 4 nitrogen and oxygen atoms in total. The third-order valence-electron chi connectivity index (χ3n) is 4.16. The van der Waals surface area contributed by atoms with E-state index in [1.165, 1.54) is 42.6 Å². The maximum Gasteiger partial charge on any atom is 0.416 e. The van der Waals surface area contributed by atoms with Gasteiger partial charge in [-0.15, -0.1) is 0 Å². The fraction of sp³-hybridized carbons (Fsp3) is 0.182. The molecule has 156 valence electrons. The Labute approximate surface area is 170 Å². The van der Waals surface area contributed by atoms with Crippen molar-refractivity contribution in [2.75, 3.05) is 6.54 Å². The van der Waals surface area contributed by atoms with E-state index in [0.29, 0.717) is 12.1 Å². The molecule has 0 bridgehead atoms. The molecule has 3 rings (SSSR count). The predicted molar refractivity (Wildman–Crippen MR) is 104 cm³/mol. The van der Waals surface area contributed by atoms with Crippen molar-refractivity contribution in [2.45, 2.75) is 19.5 Å². The molecule has 0 saturated heterocycles. The summed E-state index contributed by atoms with van der Waals surface area (Å²) in [5, 5.41) is 2.71. The molecule has 1 amide bonds. The first kappa shape index (κ1) is 21.3. The second kappa shape index (κ2) is 8.94. The van der Waals surface area contributed by atoms with Crippen LogP contribution in [0.5, 0.6) is 11.6 Å². The summed E-state index contributed by atoms with van der Waals surface area (Å²) < 4.78 is 58.3. The zero-order chi connectivity index (χ0) is 21.7. The molecule has 0 unspecified atom stereocenters. The van der Waals surface area contributed by atoms with E-state index in [9.17, 15) is 22.4 Å². The van der Waals surface area contributed by atoms with E-state index in [4.69, 9.17) is 4.74 Å². The van der Waals surface area contributed by atoms with Gasteiger partial charge < -0.3 is 10.1 Å². The van der Waals surface area contributed by atoms with E-state index in [-0.39, 0.29) is 28.7 Å². The largest absolute Gasteiger partial charge is 0.438 e. The maximum absolute atomic E-state index is 13.8. The van der Waals surface area contributed by atoms with Crippen molar-refractivity contribution in [3.05, 3.63) is 77.7 Å². The second-order valence-corrected chi connectivity index (χ2v) is 6.47. The van der Waals surface area contributed by atoms with Crippen LogP contribution in [0.2, 0.25) is 0 Å². The van der Waals surface area contributed by atoms with Crippen LogP contribution in [0, 0.1) is 5.82 Å². The van der Waals surface area contributed by atoms with Gasteiger partial charge in [0.1, 0.15) is 11.6 Å². The molecular formula is C22H18F4N2O2. The Bertz CT molecular complexity index is 1050. The van der Waals surface area contributed by atoms with E-state index >= 15 is 0 Å². The van der Waals surface area contributed by atoms with Crippen molar-refractivity contribution in [3.63, 3.8) is 0 Å². The summed E-state index contributed by atoms with van der Waals surface area (Å²) in [6.07, 6.45) is -2.52. The van der Waals surface area contributed by atoms with E-state index in [1.807, 2.05) is 6.92 Å². The third-order valence-corrected chi connectivity index (χ3v) is 4.16. The van der Waals surface area contributed by atoms with Gasteiger partial charge in [-0.05, 0) is 48.4 Å². The van der Waals surface area contributed by atoms with Crippen LogP contribution in [-0.2, 0) is 6.18 Å². The lowest BCUT2D eigenvalue weighted by Crippen LogP contribution is -2.24. The number of carbonyl (C=O) groups is 1. The van der Waals surface area contributed by atoms with Crippen molar-refractivity contribution in [3.8, 4) is 22.8 Å². The first-order valence-electron chi connectivity index (χ1n) is 9.17. The normalized spacial score (nSPS) is 11.2. The molecule has 30 heavy (non-hydrogen) atoms. The fourth-order valence-electron chi connectivity index (χ4n) is 2.71. The maximum atomic E-state index is 13.8. The molecule has 0 fully saturated rings. The summed E-state index contributed by atoms with van der Waals surface area (Å²) in [5.74, 6) is -1.02. The van der Waals surface area contributed by atoms with E-state index in [0.717, 1.165) is 18.6 Å². The Balaban J connectivity index is 2.02. The molecule has 0 aliphatic heterocycles. The van der Waals surface area contributed by atoms with Crippen molar-refractivity contribution >= 4 is 5.91 Å². The van der Waals surface area contributed by atoms with Gasteiger partial charge in [-0.25, -0.2) is 9.37 Å². The van der Waals surface area contributed by atoms with Crippen LogP contribution in [0.1, 0.15) is 29.3 Å². The predicted octanol–water partition coefficient (Wildman–Crippen LogP) is 5.84. The first-order valence-corrected chi connectivity index (χ1v) is 9.17. The van der Waals surface area contributed by atoms with Crippen LogP contribution in [-0.4, -0.2) is 17.4 Å². The standard InChI is InChI=1S/C22H18F4N2O2/c1-2-9-27-20(29)15-11-19(14-5-3-7-17(23)10-14)21(28-13-15)30-18-8-4-6-16(12-18)22(24,25)26/h3-8,10-13H,2,9H2,1H3,(H,27,29). The molecule has 0 atom stereocenters. The molecular weight excluding hydrogens is 400 g/mol. The Kier molecular flexibility index (Phi) is 6.34. The fourth-order valence-corrected chi connectivity index (χ4v) is 2.71. The second-order valence-electron chi connectivity index (χ2n) is 6.47. The van der Waals surface area contributed by atoms with Crippen LogP contribution in [0.4, 0.5) is 17.6 Å². The van der Waals surface area contributed by atoms with Crippen LogP contribution < -0.4 is 10.1 Å². The van der Waals surface area contributed by atoms with Crippen LogP contribution >= 0.6 is 0 Å². The van der Waals surface area contributed by atoms with Crippen LogP contribution in [0.3, 0.4) is 0 Å². The Hall–Kier alpha value is -3.42. The quantitative estimate of drug-likeness (QED) is 0.512. The number of pyridine rings is 1. The van der Waals surface area contributed by atoms with Gasteiger partial charge in [-0.3, -0.25) is 4.79 Å². The van der Waals surface area contributed by atoms with E-state index < -0.39 is 17.6 Å². The summed E-state index contributed by atoms with van der Waals surface area (Å²) in [6, 6.07) is 11.4. The smallest absolute Gasteiger partial charge is 0.416 e. The summed E-state index contributed by atoms with van der Waals surface area (Å²) in [6.45, 7) is 2.37. The lowest BCUT2D eigenvalue weighted by Gasteiger charge is -2.14. The molecule has 1 heterocycles. The number of nitrogens with zero attached hydrogens (tertiary/aromatic N) is 1. The van der Waals surface area contributed by atoms with Gasteiger partial charge in [0.25, 0.3) is 5.91 Å². The monoisotopic (exact) mass is 418 g/mol. The highest BCUT2D eigenvalue weighted by Crippen LogP contribution is 2.35. The van der Waals surface area contributed by atoms with Gasteiger partial charge in [-0.2, -0.15) is 13.2 Å². The summed E-state index contributed by atoms with van der Waals surface area (Å²) in [4.78, 5) is 16.4. The van der Waals surface area contributed by atoms with Crippen molar-refractivity contribution in [1.29, 1.82) is 0 Å². The Morgan fingerprint density at radius 2 is 1.87 bits per heavy atom. The van der Waals surface area contributed by atoms with Gasteiger partial charge in [0.15, 0.2) is 0 Å². The number of aromatic nitrogens is 1. The van der Waals surface area contributed by atoms with Gasteiger partial charge in [-0.1, -0.05) is 25.1 Å². The van der Waals surface area contributed by atoms with Crippen molar-refractivity contribution in [1.82, 2.24) is 10.3 Å². The number of ether oxygens (including phenoxy) is 1. The number of nitrogens with one attached hydrogen (secondary N) is 1. The first-order chi connectivity index (χ1) is 14.3. The molecule has 1 N–H and O–H groups in total. The highest BCUT2D eigenvalue weighted by atomic mass is 19.4. The number of hydrogen-bond acceptors (Lipinski definition) is 3. The lowest BCUT2D eigenvalue weighted by molar-refractivity contribution is -0.137. The Morgan fingerprint density at radius 3 is 2.57 bits per heavy atom. The number of halogens is 4. The highest BCUT2D eigenvalue weighted by Gasteiger charge is 2.30. The topological polar surface area (TPSA) is 51.2 Å². The minimum Gasteiger partial charge on any atom is -0.438 e. The third kappa shape index (κ3) is 5.14. The average Bonchev–Trinajstić information content (AvgIpc) is 2.72. The molecule has 0 radical (unpaired) electrons. The molecule has 0 spiro atoms. The number of amides is 1. The van der Waals surface area contributed by atoms with E-state index in [2.05, 4.69) is 10.3 Å². The zero-order valence-corrected chi connectivity index (χ0v) is 16.0. The van der Waals surface area contributed by atoms with Crippen LogP contribution in [0.25, 0.3) is 11.1 Å². The van der Waals surface area contributed by atoms with Crippen molar-refractivity contribution < 1.29 is 27.1 Å². The summed E-state index contributed by atoms with van der Waals surface area (Å²) in [5.41, 5.74) is -0.00681. The summed E-state index contributed by atoms with van der Waals surface area (Å²) >= 11 is 0. The average molecular weight is 418 g/mol. The highest BCUT2D eigenvalue weighted by molar-refractivity contribution is 5.95. The van der Waals surface area contributed by atoms with Gasteiger partial charge in [0.2, 0.25) is 5.88 Å². The SMILES string of the molecule is CCCNC(=O)c1cnc(Oc2cccc(C(F)(F)F)c2)c(-c2cccc(F)c2)c1. The number of alkyl halides is 3. The lowest BCUT2D eigenvalue weighted by atomic mass is 10.0. The molecule has 0 saturated carbocycles. The number of rotatable bonds is 6. The number of benzene rings is 2. The molecule has 3 aromatic rings. The minimum absolute atomic E-state index is 0.0491. The van der Waals surface area contributed by atoms with Gasteiger partial charge in [0, 0.05) is 18.3 Å². The number of carbonyl (C=O) groups excluding carboxylic acids is 1. The molecule has 0 aliphatic rings. The number of hydrogen-bond donors (Lipinski definition) is 1. The Morgan fingerprint density at radius 1 is 1.10 bits per heavy atom. The molecule has 2 aromatic carbocycles. The summed E-state index contributed by atoms with van der Waals surface area (Å²) in [7, 11) is 0. The van der Waals surface area contributed by atoms with Gasteiger partial charge >= 0.3 is 6.18 Å². The molecule has 8 heteroatoms. The molecule has 0 aliphatic carbocycles. The van der Waals surface area contributed by atoms with E-state index in [1.54, 1.807) is 6.07 Å². The van der Waals surface area contributed by atoms with Crippen molar-refractivity contribution in [2.24, 2.45) is 0 Å². The van der Waals surface area contributed by atoms with Gasteiger partial charge in [0.05, 0.1) is 11.1 Å². The molecule has 1 aromatic heterocycles.